The van der Waals surface area contributed by atoms with Gasteiger partial charge in [-0.05, 0) is 43.2 Å². The highest BCUT2D eigenvalue weighted by molar-refractivity contribution is 7.53. The Kier molecular flexibility index (Phi) is 6.10. The summed E-state index contributed by atoms with van der Waals surface area (Å²) in [5.74, 6) is 0.812. The smallest absolute Gasteiger partial charge is 0.335 e. The van der Waals surface area contributed by atoms with Gasteiger partial charge in [0.25, 0.3) is 0 Å². The lowest BCUT2D eigenvalue weighted by Gasteiger charge is -2.16. The fourth-order valence-corrected chi connectivity index (χ4v) is 4.44. The Morgan fingerprint density at radius 1 is 0.962 bits per heavy atom. The van der Waals surface area contributed by atoms with Crippen molar-refractivity contribution in [1.82, 2.24) is 0 Å². The average molecular weight is 370 g/mol. The molecule has 5 heteroatoms. The lowest BCUT2D eigenvalue weighted by molar-refractivity contribution is 0.219. The minimum atomic E-state index is -3.07. The summed E-state index contributed by atoms with van der Waals surface area (Å²) in [6, 6.07) is 17.8. The molecule has 26 heavy (non-hydrogen) atoms. The second kappa shape index (κ2) is 8.50. The number of benzene rings is 2. The highest BCUT2D eigenvalue weighted by Gasteiger charge is 2.23. The summed E-state index contributed by atoms with van der Waals surface area (Å²) < 4.78 is 29.1. The van der Waals surface area contributed by atoms with E-state index in [1.807, 2.05) is 80.6 Å². The molecule has 1 aromatic heterocycles. The van der Waals surface area contributed by atoms with Gasteiger partial charge >= 0.3 is 7.60 Å². The molecule has 0 amide bonds. The number of fused-ring (bicyclic) bond motifs is 1. The van der Waals surface area contributed by atoms with Gasteiger partial charge in [-0.2, -0.15) is 0 Å². The number of furan rings is 1. The number of hydrogen-bond acceptors (Lipinski definition) is 4. The van der Waals surface area contributed by atoms with Gasteiger partial charge in [-0.3, -0.25) is 4.57 Å². The van der Waals surface area contributed by atoms with Gasteiger partial charge in [0.2, 0.25) is 0 Å². The quantitative estimate of drug-likeness (QED) is 0.432. The zero-order chi connectivity index (χ0) is 18.4. The van der Waals surface area contributed by atoms with E-state index in [2.05, 4.69) is 0 Å². The van der Waals surface area contributed by atoms with E-state index in [-0.39, 0.29) is 6.16 Å². The van der Waals surface area contributed by atoms with Crippen molar-refractivity contribution in [3.05, 3.63) is 71.5 Å². The maximum Gasteiger partial charge on any atom is 0.335 e. The van der Waals surface area contributed by atoms with E-state index in [1.165, 1.54) is 0 Å². The Bertz CT molecular complexity index is 882. The molecule has 0 unspecified atom stereocenters. The van der Waals surface area contributed by atoms with Crippen molar-refractivity contribution in [1.29, 1.82) is 0 Å². The zero-order valence-electron chi connectivity index (χ0n) is 15.1. The molecule has 0 aliphatic rings. The molecule has 0 aliphatic carbocycles. The van der Waals surface area contributed by atoms with Gasteiger partial charge in [0, 0.05) is 5.39 Å². The first-order chi connectivity index (χ1) is 12.6. The molecule has 0 N–H and O–H groups in total. The molecule has 3 rings (SSSR count). The zero-order valence-corrected chi connectivity index (χ0v) is 15.9. The van der Waals surface area contributed by atoms with Gasteiger partial charge < -0.3 is 13.5 Å². The molecule has 1 heterocycles. The Morgan fingerprint density at radius 3 is 2.31 bits per heavy atom. The fourth-order valence-electron chi connectivity index (χ4n) is 2.74. The number of hydrogen-bond donors (Lipinski definition) is 0. The second-order valence-electron chi connectivity index (χ2n) is 5.87. The van der Waals surface area contributed by atoms with E-state index in [9.17, 15) is 4.57 Å². The molecular formula is C21H23O4P. The summed E-state index contributed by atoms with van der Waals surface area (Å²) in [4.78, 5) is 0. The molecule has 3 aromatic rings. The SMILES string of the molecule is CCOP(=O)(Cc1ccc(/C=C/c2cc3ccccc3o2)cc1)OCC. The predicted molar refractivity (Wildman–Crippen MR) is 106 cm³/mol. The highest BCUT2D eigenvalue weighted by atomic mass is 31.2. The van der Waals surface area contributed by atoms with Crippen LogP contribution in [0.5, 0.6) is 0 Å². The van der Waals surface area contributed by atoms with Crippen LogP contribution < -0.4 is 0 Å². The first-order valence-corrected chi connectivity index (χ1v) is 10.5. The molecule has 0 spiro atoms. The maximum absolute atomic E-state index is 12.6. The van der Waals surface area contributed by atoms with Crippen molar-refractivity contribution >= 4 is 30.7 Å². The third kappa shape index (κ3) is 4.73. The monoisotopic (exact) mass is 370 g/mol. The van der Waals surface area contributed by atoms with Gasteiger partial charge in [0.15, 0.2) is 0 Å². The van der Waals surface area contributed by atoms with Crippen LogP contribution in [0.25, 0.3) is 23.1 Å². The fraction of sp³-hybridized carbons (Fsp3) is 0.238. The van der Waals surface area contributed by atoms with Crippen molar-refractivity contribution in [2.75, 3.05) is 13.2 Å². The van der Waals surface area contributed by atoms with Gasteiger partial charge in [-0.1, -0.05) is 48.5 Å². The summed E-state index contributed by atoms with van der Waals surface area (Å²) >= 11 is 0. The Morgan fingerprint density at radius 2 is 1.65 bits per heavy atom. The van der Waals surface area contributed by atoms with Crippen LogP contribution in [0.2, 0.25) is 0 Å². The van der Waals surface area contributed by atoms with Crippen LogP contribution in [-0.4, -0.2) is 13.2 Å². The van der Waals surface area contributed by atoms with Gasteiger partial charge in [0.05, 0.1) is 19.4 Å². The lowest BCUT2D eigenvalue weighted by atomic mass is 10.1. The van der Waals surface area contributed by atoms with E-state index in [0.717, 1.165) is 27.9 Å². The molecule has 0 atom stereocenters. The predicted octanol–water partition coefficient (Wildman–Crippen LogP) is 6.37. The van der Waals surface area contributed by atoms with Crippen molar-refractivity contribution in [2.24, 2.45) is 0 Å². The van der Waals surface area contributed by atoms with Gasteiger partial charge in [-0.15, -0.1) is 0 Å². The third-order valence-electron chi connectivity index (χ3n) is 3.89. The molecule has 0 saturated carbocycles. The van der Waals surface area contributed by atoms with Crippen LogP contribution in [0, 0.1) is 0 Å². The minimum Gasteiger partial charge on any atom is -0.457 e. The molecule has 0 fully saturated rings. The molecule has 0 saturated heterocycles. The van der Waals surface area contributed by atoms with Crippen LogP contribution in [0.4, 0.5) is 0 Å². The van der Waals surface area contributed by atoms with Crippen molar-refractivity contribution < 1.29 is 18.0 Å². The van der Waals surface area contributed by atoms with Gasteiger partial charge in [-0.25, -0.2) is 0 Å². The average Bonchev–Trinajstić information content (AvgIpc) is 3.04. The largest absolute Gasteiger partial charge is 0.457 e. The van der Waals surface area contributed by atoms with Crippen molar-refractivity contribution in [3.8, 4) is 0 Å². The normalized spacial score (nSPS) is 12.2. The summed E-state index contributed by atoms with van der Waals surface area (Å²) in [7, 11) is -3.07. The Balaban J connectivity index is 1.69. The van der Waals surface area contributed by atoms with E-state index >= 15 is 0 Å². The van der Waals surface area contributed by atoms with Crippen LogP contribution >= 0.6 is 7.60 Å². The second-order valence-corrected chi connectivity index (χ2v) is 7.92. The van der Waals surface area contributed by atoms with E-state index in [1.54, 1.807) is 0 Å². The number of para-hydroxylation sites is 1. The van der Waals surface area contributed by atoms with Gasteiger partial charge in [0.1, 0.15) is 11.3 Å². The lowest BCUT2D eigenvalue weighted by Crippen LogP contribution is -1.99. The van der Waals surface area contributed by atoms with Crippen molar-refractivity contribution in [2.45, 2.75) is 20.0 Å². The highest BCUT2D eigenvalue weighted by Crippen LogP contribution is 2.51. The molecule has 0 bridgehead atoms. The third-order valence-corrected chi connectivity index (χ3v) is 5.95. The Hall–Kier alpha value is -2.13. The molecular weight excluding hydrogens is 347 g/mol. The first-order valence-electron chi connectivity index (χ1n) is 8.75. The van der Waals surface area contributed by atoms with Crippen molar-refractivity contribution in [3.63, 3.8) is 0 Å². The maximum atomic E-state index is 12.6. The molecule has 0 radical (unpaired) electrons. The Labute approximate surface area is 154 Å². The molecule has 0 aliphatic heterocycles. The van der Waals surface area contributed by atoms with Crippen LogP contribution in [-0.2, 0) is 19.8 Å². The molecule has 136 valence electrons. The molecule has 4 nitrogen and oxygen atoms in total. The van der Waals surface area contributed by atoms with E-state index in [4.69, 9.17) is 13.5 Å². The first kappa shape index (κ1) is 18.7. The summed E-state index contributed by atoms with van der Waals surface area (Å²) in [6.45, 7) is 4.38. The van der Waals surface area contributed by atoms with E-state index < -0.39 is 7.60 Å². The topological polar surface area (TPSA) is 48.7 Å². The van der Waals surface area contributed by atoms with Crippen LogP contribution in [0.15, 0.2) is 59.0 Å². The number of rotatable bonds is 8. The summed E-state index contributed by atoms with van der Waals surface area (Å²) in [5, 5.41) is 1.09. The molecule has 2 aromatic carbocycles. The minimum absolute atomic E-state index is 0.280. The summed E-state index contributed by atoms with van der Waals surface area (Å²) in [5.41, 5.74) is 2.85. The standard InChI is InChI=1S/C21H23O4P/c1-3-23-26(22,24-4-2)16-18-11-9-17(10-12-18)13-14-20-15-19-7-5-6-8-21(19)25-20/h5-15H,3-4,16H2,1-2H3/b14-13+. The van der Waals surface area contributed by atoms with Crippen LogP contribution in [0.1, 0.15) is 30.7 Å². The van der Waals surface area contributed by atoms with E-state index in [0.29, 0.717) is 13.2 Å². The summed E-state index contributed by atoms with van der Waals surface area (Å²) in [6.07, 6.45) is 4.22. The van der Waals surface area contributed by atoms with Crippen LogP contribution in [0.3, 0.4) is 0 Å².